The number of hydrogen-bond acceptors (Lipinski definition) is 2. The average molecular weight is 271 g/mol. The third-order valence-corrected chi connectivity index (χ3v) is 4.13. The lowest BCUT2D eigenvalue weighted by Crippen LogP contribution is -2.52. The van der Waals surface area contributed by atoms with Crippen molar-refractivity contribution in [2.75, 3.05) is 19.6 Å². The van der Waals surface area contributed by atoms with Crippen LogP contribution in [0.5, 0.6) is 0 Å². The molecule has 20 heavy (non-hydrogen) atoms. The van der Waals surface area contributed by atoms with Crippen LogP contribution in [-0.4, -0.2) is 41.5 Å². The number of hydrogen-bond donors (Lipinski definition) is 2. The maximum Gasteiger partial charge on any atom is 0.270 e. The van der Waals surface area contributed by atoms with Crippen LogP contribution in [0.2, 0.25) is 0 Å². The van der Waals surface area contributed by atoms with E-state index in [1.807, 2.05) is 23.1 Å². The summed E-state index contributed by atoms with van der Waals surface area (Å²) in [6.07, 6.45) is 0.979. The first kappa shape index (κ1) is 13.2. The fourth-order valence-corrected chi connectivity index (χ4v) is 2.94. The second-order valence-electron chi connectivity index (χ2n) is 5.47. The highest BCUT2D eigenvalue weighted by atomic mass is 16.2. The Balaban J connectivity index is 1.95. The van der Waals surface area contributed by atoms with Crippen molar-refractivity contribution in [2.24, 2.45) is 0 Å². The van der Waals surface area contributed by atoms with Crippen LogP contribution < -0.4 is 5.32 Å². The van der Waals surface area contributed by atoms with Crippen molar-refractivity contribution in [1.82, 2.24) is 15.2 Å². The number of carbonyl (C=O) groups is 1. The molecular formula is C16H21N3O. The number of H-pyrrole nitrogens is 1. The van der Waals surface area contributed by atoms with Crippen LogP contribution in [0, 0.1) is 0 Å². The van der Waals surface area contributed by atoms with E-state index in [0.29, 0.717) is 5.69 Å². The summed E-state index contributed by atoms with van der Waals surface area (Å²) in [6, 6.07) is 8.45. The van der Waals surface area contributed by atoms with Gasteiger partial charge < -0.3 is 15.2 Å². The SMILES string of the molecule is CCc1cccc2[nH]c(C(=O)N3CCNC[C@H]3C)cc12. The highest BCUT2D eigenvalue weighted by molar-refractivity contribution is 5.99. The van der Waals surface area contributed by atoms with Gasteiger partial charge in [-0.3, -0.25) is 4.79 Å². The minimum absolute atomic E-state index is 0.109. The summed E-state index contributed by atoms with van der Waals surface area (Å²) in [7, 11) is 0. The molecule has 4 heteroatoms. The van der Waals surface area contributed by atoms with E-state index in [1.54, 1.807) is 0 Å². The first-order valence-electron chi connectivity index (χ1n) is 7.33. The number of nitrogens with zero attached hydrogens (tertiary/aromatic N) is 1. The zero-order chi connectivity index (χ0) is 14.1. The predicted molar refractivity (Wildman–Crippen MR) is 81.0 cm³/mol. The Morgan fingerprint density at radius 2 is 2.30 bits per heavy atom. The molecule has 2 N–H and O–H groups in total. The molecule has 1 amide bonds. The van der Waals surface area contributed by atoms with E-state index in [9.17, 15) is 4.79 Å². The summed E-state index contributed by atoms with van der Waals surface area (Å²) in [4.78, 5) is 17.9. The molecule has 1 aromatic carbocycles. The largest absolute Gasteiger partial charge is 0.351 e. The van der Waals surface area contributed by atoms with E-state index in [2.05, 4.69) is 30.2 Å². The fourth-order valence-electron chi connectivity index (χ4n) is 2.94. The van der Waals surface area contributed by atoms with Crippen molar-refractivity contribution in [3.05, 3.63) is 35.5 Å². The monoisotopic (exact) mass is 271 g/mol. The molecule has 106 valence electrons. The summed E-state index contributed by atoms with van der Waals surface area (Å²) in [5.74, 6) is 0.109. The molecule has 0 aliphatic carbocycles. The van der Waals surface area contributed by atoms with Gasteiger partial charge in [-0.15, -0.1) is 0 Å². The lowest BCUT2D eigenvalue weighted by molar-refractivity contribution is 0.0650. The molecule has 1 saturated heterocycles. The Labute approximate surface area is 119 Å². The minimum Gasteiger partial charge on any atom is -0.351 e. The number of aromatic nitrogens is 1. The normalized spacial score (nSPS) is 19.5. The topological polar surface area (TPSA) is 48.1 Å². The molecule has 1 aliphatic rings. The van der Waals surface area contributed by atoms with Crippen molar-refractivity contribution in [3.8, 4) is 0 Å². The number of aryl methyl sites for hydroxylation is 1. The van der Waals surface area contributed by atoms with Gasteiger partial charge in [0.1, 0.15) is 5.69 Å². The van der Waals surface area contributed by atoms with Gasteiger partial charge in [0.05, 0.1) is 0 Å². The first-order valence-corrected chi connectivity index (χ1v) is 7.33. The molecule has 0 bridgehead atoms. The Morgan fingerprint density at radius 3 is 3.05 bits per heavy atom. The third-order valence-electron chi connectivity index (χ3n) is 4.13. The van der Waals surface area contributed by atoms with E-state index < -0.39 is 0 Å². The number of carbonyl (C=O) groups excluding carboxylic acids is 1. The van der Waals surface area contributed by atoms with Crippen molar-refractivity contribution in [1.29, 1.82) is 0 Å². The maximum absolute atomic E-state index is 12.6. The van der Waals surface area contributed by atoms with Gasteiger partial charge in [0.2, 0.25) is 0 Å². The molecule has 0 radical (unpaired) electrons. The fraction of sp³-hybridized carbons (Fsp3) is 0.438. The second-order valence-corrected chi connectivity index (χ2v) is 5.47. The van der Waals surface area contributed by atoms with Gasteiger partial charge in [-0.05, 0) is 31.0 Å². The number of benzene rings is 1. The van der Waals surface area contributed by atoms with Gasteiger partial charge in [-0.1, -0.05) is 19.1 Å². The second kappa shape index (κ2) is 5.29. The quantitative estimate of drug-likeness (QED) is 0.879. The summed E-state index contributed by atoms with van der Waals surface area (Å²) in [6.45, 7) is 6.74. The molecule has 2 aromatic rings. The van der Waals surface area contributed by atoms with E-state index in [-0.39, 0.29) is 11.9 Å². The van der Waals surface area contributed by atoms with Gasteiger partial charge >= 0.3 is 0 Å². The molecule has 0 unspecified atom stereocenters. The molecule has 2 heterocycles. The van der Waals surface area contributed by atoms with Crippen molar-refractivity contribution < 1.29 is 4.79 Å². The van der Waals surface area contributed by atoms with Crippen LogP contribution in [0.25, 0.3) is 10.9 Å². The summed E-state index contributed by atoms with van der Waals surface area (Å²) < 4.78 is 0. The van der Waals surface area contributed by atoms with Gasteiger partial charge in [-0.2, -0.15) is 0 Å². The molecule has 3 rings (SSSR count). The van der Waals surface area contributed by atoms with Crippen molar-refractivity contribution in [2.45, 2.75) is 26.3 Å². The van der Waals surface area contributed by atoms with Gasteiger partial charge in [-0.25, -0.2) is 0 Å². The van der Waals surface area contributed by atoms with Crippen LogP contribution in [0.15, 0.2) is 24.3 Å². The number of nitrogens with one attached hydrogen (secondary N) is 2. The average Bonchev–Trinajstić information content (AvgIpc) is 2.91. The van der Waals surface area contributed by atoms with E-state index in [4.69, 9.17) is 0 Å². The molecular weight excluding hydrogens is 250 g/mol. The predicted octanol–water partition coefficient (Wildman–Crippen LogP) is 2.16. The van der Waals surface area contributed by atoms with E-state index in [0.717, 1.165) is 31.6 Å². The highest BCUT2D eigenvalue weighted by Gasteiger charge is 2.25. The zero-order valence-corrected chi connectivity index (χ0v) is 12.1. The lowest BCUT2D eigenvalue weighted by Gasteiger charge is -2.33. The van der Waals surface area contributed by atoms with Gasteiger partial charge in [0, 0.05) is 36.6 Å². The first-order chi connectivity index (χ1) is 9.70. The molecule has 4 nitrogen and oxygen atoms in total. The van der Waals surface area contributed by atoms with Gasteiger partial charge in [0.15, 0.2) is 0 Å². The molecule has 0 saturated carbocycles. The number of piperazine rings is 1. The minimum atomic E-state index is 0.109. The number of amides is 1. The van der Waals surface area contributed by atoms with Crippen molar-refractivity contribution in [3.63, 3.8) is 0 Å². The Morgan fingerprint density at radius 1 is 1.45 bits per heavy atom. The Hall–Kier alpha value is -1.81. The third kappa shape index (κ3) is 2.20. The number of fused-ring (bicyclic) bond motifs is 1. The van der Waals surface area contributed by atoms with Crippen LogP contribution in [0.1, 0.15) is 29.9 Å². The van der Waals surface area contributed by atoms with Gasteiger partial charge in [0.25, 0.3) is 5.91 Å². The van der Waals surface area contributed by atoms with Crippen LogP contribution in [-0.2, 0) is 6.42 Å². The highest BCUT2D eigenvalue weighted by Crippen LogP contribution is 2.22. The summed E-state index contributed by atoms with van der Waals surface area (Å²) >= 11 is 0. The maximum atomic E-state index is 12.6. The lowest BCUT2D eigenvalue weighted by atomic mass is 10.1. The molecule has 0 spiro atoms. The number of rotatable bonds is 2. The zero-order valence-electron chi connectivity index (χ0n) is 12.1. The molecule has 1 aliphatic heterocycles. The summed E-state index contributed by atoms with van der Waals surface area (Å²) in [5, 5.41) is 4.48. The molecule has 1 fully saturated rings. The molecule has 1 atom stereocenters. The van der Waals surface area contributed by atoms with Crippen LogP contribution in [0.3, 0.4) is 0 Å². The smallest absolute Gasteiger partial charge is 0.270 e. The van der Waals surface area contributed by atoms with Crippen LogP contribution >= 0.6 is 0 Å². The Bertz CT molecular complexity index is 632. The summed E-state index contributed by atoms with van der Waals surface area (Å²) in [5.41, 5.74) is 3.04. The standard InChI is InChI=1S/C16H21N3O/c1-3-12-5-4-6-14-13(12)9-15(18-14)16(20)19-8-7-17-10-11(19)2/h4-6,9,11,17-18H,3,7-8,10H2,1-2H3/t11-/m1/s1. The Kier molecular flexibility index (Phi) is 3.49. The molecule has 1 aromatic heterocycles. The van der Waals surface area contributed by atoms with E-state index in [1.165, 1.54) is 10.9 Å². The van der Waals surface area contributed by atoms with E-state index >= 15 is 0 Å². The van der Waals surface area contributed by atoms with Crippen molar-refractivity contribution >= 4 is 16.8 Å². The number of aromatic amines is 1. The van der Waals surface area contributed by atoms with Crippen LogP contribution in [0.4, 0.5) is 0 Å².